The van der Waals surface area contributed by atoms with Crippen LogP contribution in [0.5, 0.6) is 5.88 Å². The van der Waals surface area contributed by atoms with E-state index >= 15 is 0 Å². The minimum atomic E-state index is -1.82. The van der Waals surface area contributed by atoms with E-state index in [4.69, 9.17) is 9.47 Å². The van der Waals surface area contributed by atoms with E-state index in [2.05, 4.69) is 24.6 Å². The van der Waals surface area contributed by atoms with E-state index < -0.39 is 25.1 Å². The lowest BCUT2D eigenvalue weighted by Gasteiger charge is -2.39. The molecule has 0 aliphatic rings. The molecule has 0 radical (unpaired) electrons. The third-order valence-electron chi connectivity index (χ3n) is 4.64. The average molecular weight is 356 g/mol. The topological polar surface area (TPSA) is 88.9 Å². The summed E-state index contributed by atoms with van der Waals surface area (Å²) in [5.74, 6) is -0.268. The number of methoxy groups -OCH3 is 2. The molecule has 0 aliphatic carbocycles. The molecule has 2 N–H and O–H groups in total. The van der Waals surface area contributed by atoms with E-state index in [1.54, 1.807) is 26.8 Å². The van der Waals surface area contributed by atoms with Crippen molar-refractivity contribution >= 4 is 19.4 Å². The highest BCUT2D eigenvalue weighted by atomic mass is 28.3. The number of hydrogen-bond acceptors (Lipinski definition) is 6. The van der Waals surface area contributed by atoms with Gasteiger partial charge in [0.05, 0.1) is 26.2 Å². The Hall–Kier alpha value is -1.44. The Bertz CT molecular complexity index is 620. The number of pyridine rings is 1. The molecule has 1 unspecified atom stereocenters. The van der Waals surface area contributed by atoms with Gasteiger partial charge in [0.2, 0.25) is 5.88 Å². The molecule has 1 aromatic heterocycles. The SMILES string of the molecule is COC(=O)C(C)(C)C(C)(O)c1cc([Si](C)(C)C)nc(OC)c1CO. The van der Waals surface area contributed by atoms with E-state index in [9.17, 15) is 15.0 Å². The highest BCUT2D eigenvalue weighted by Crippen LogP contribution is 2.43. The highest BCUT2D eigenvalue weighted by molar-refractivity contribution is 6.88. The van der Waals surface area contributed by atoms with Crippen LogP contribution in [0.3, 0.4) is 0 Å². The Balaban J connectivity index is 3.75. The maximum Gasteiger partial charge on any atom is 0.314 e. The molecule has 0 saturated heterocycles. The third kappa shape index (κ3) is 3.48. The summed E-state index contributed by atoms with van der Waals surface area (Å²) in [6.45, 7) is 10.8. The molecule has 136 valence electrons. The van der Waals surface area contributed by atoms with Gasteiger partial charge in [0, 0.05) is 10.9 Å². The number of hydrogen-bond donors (Lipinski definition) is 2. The monoisotopic (exact) mass is 355 g/mol. The molecule has 0 amide bonds. The molecule has 0 spiro atoms. The molecular formula is C17H29NO5Si. The van der Waals surface area contributed by atoms with Gasteiger partial charge < -0.3 is 19.7 Å². The summed E-state index contributed by atoms with van der Waals surface area (Å²) < 4.78 is 10.2. The van der Waals surface area contributed by atoms with Crippen LogP contribution in [-0.4, -0.2) is 43.5 Å². The predicted molar refractivity (Wildman–Crippen MR) is 95.1 cm³/mol. The van der Waals surface area contributed by atoms with Gasteiger partial charge in [-0.3, -0.25) is 4.79 Å². The summed E-state index contributed by atoms with van der Waals surface area (Å²) in [5, 5.41) is 21.9. The Morgan fingerprint density at radius 1 is 1.25 bits per heavy atom. The second-order valence-electron chi connectivity index (χ2n) is 7.64. The van der Waals surface area contributed by atoms with Crippen molar-refractivity contribution in [3.05, 3.63) is 17.2 Å². The van der Waals surface area contributed by atoms with Crippen LogP contribution in [0.25, 0.3) is 0 Å². The molecule has 1 heterocycles. The van der Waals surface area contributed by atoms with Gasteiger partial charge in [0.25, 0.3) is 0 Å². The van der Waals surface area contributed by atoms with Crippen molar-refractivity contribution in [2.75, 3.05) is 14.2 Å². The quantitative estimate of drug-likeness (QED) is 0.594. The van der Waals surface area contributed by atoms with Crippen molar-refractivity contribution in [1.29, 1.82) is 0 Å². The van der Waals surface area contributed by atoms with E-state index in [0.29, 0.717) is 11.1 Å². The smallest absolute Gasteiger partial charge is 0.314 e. The predicted octanol–water partition coefficient (Wildman–Crippen LogP) is 1.53. The molecule has 0 bridgehead atoms. The van der Waals surface area contributed by atoms with Crippen molar-refractivity contribution in [3.8, 4) is 5.88 Å². The molecule has 0 fully saturated rings. The number of carbonyl (C=O) groups is 1. The number of rotatable bonds is 6. The number of esters is 1. The lowest BCUT2D eigenvalue weighted by atomic mass is 9.71. The molecule has 1 aromatic rings. The first-order chi connectivity index (χ1) is 10.8. The Labute approximate surface area is 144 Å². The summed E-state index contributed by atoms with van der Waals surface area (Å²) in [7, 11) is 0.936. The number of aromatic nitrogens is 1. The van der Waals surface area contributed by atoms with Crippen LogP contribution in [-0.2, 0) is 21.7 Å². The van der Waals surface area contributed by atoms with Gasteiger partial charge in [0.15, 0.2) is 0 Å². The van der Waals surface area contributed by atoms with Gasteiger partial charge in [-0.1, -0.05) is 19.6 Å². The van der Waals surface area contributed by atoms with E-state index in [1.807, 2.05) is 0 Å². The number of aliphatic hydroxyl groups is 2. The number of carbonyl (C=O) groups excluding carboxylic acids is 1. The average Bonchev–Trinajstić information content (AvgIpc) is 2.51. The van der Waals surface area contributed by atoms with Crippen LogP contribution in [0, 0.1) is 5.41 Å². The number of aliphatic hydroxyl groups excluding tert-OH is 1. The number of ether oxygens (including phenoxy) is 2. The van der Waals surface area contributed by atoms with Gasteiger partial charge in [-0.15, -0.1) is 0 Å². The standard InChI is InChI=1S/C17H29NO5Si/c1-16(2,15(20)23-5)17(3,21)12-9-13(24(6,7)8)18-14(22-4)11(12)10-19/h9,19,21H,10H2,1-8H3. The Kier molecular flexibility index (Phi) is 5.85. The third-order valence-corrected chi connectivity index (χ3v) is 6.44. The molecular weight excluding hydrogens is 326 g/mol. The summed E-state index contributed by atoms with van der Waals surface area (Å²) in [5.41, 5.74) is -2.00. The van der Waals surface area contributed by atoms with E-state index in [0.717, 1.165) is 5.32 Å². The van der Waals surface area contributed by atoms with Crippen LogP contribution in [0.1, 0.15) is 31.9 Å². The maximum atomic E-state index is 12.2. The van der Waals surface area contributed by atoms with Crippen LogP contribution >= 0.6 is 0 Å². The van der Waals surface area contributed by atoms with Crippen molar-refractivity contribution in [1.82, 2.24) is 4.98 Å². The summed E-state index contributed by atoms with van der Waals surface area (Å²) in [6.07, 6.45) is 0. The normalized spacial score (nSPS) is 14.9. The molecule has 0 aromatic carbocycles. The van der Waals surface area contributed by atoms with Gasteiger partial charge in [-0.25, -0.2) is 4.98 Å². The summed E-state index contributed by atoms with van der Waals surface area (Å²) in [4.78, 5) is 16.7. The first-order valence-corrected chi connectivity index (χ1v) is 11.3. The maximum absolute atomic E-state index is 12.2. The zero-order chi connectivity index (χ0) is 18.9. The van der Waals surface area contributed by atoms with Crippen LogP contribution in [0.4, 0.5) is 0 Å². The van der Waals surface area contributed by atoms with Crippen molar-refractivity contribution < 1.29 is 24.5 Å². The highest BCUT2D eigenvalue weighted by Gasteiger charge is 2.49. The molecule has 0 aliphatic heterocycles. The minimum Gasteiger partial charge on any atom is -0.481 e. The molecule has 7 heteroatoms. The summed E-state index contributed by atoms with van der Waals surface area (Å²) in [6, 6.07) is 1.78. The largest absolute Gasteiger partial charge is 0.481 e. The zero-order valence-corrected chi connectivity index (χ0v) is 16.9. The lowest BCUT2D eigenvalue weighted by Crippen LogP contribution is -2.48. The fraction of sp³-hybridized carbons (Fsp3) is 0.647. The molecule has 6 nitrogen and oxygen atoms in total. The van der Waals surface area contributed by atoms with Crippen LogP contribution in [0.15, 0.2) is 6.07 Å². The van der Waals surface area contributed by atoms with Crippen LogP contribution in [0.2, 0.25) is 19.6 Å². The van der Waals surface area contributed by atoms with Crippen LogP contribution < -0.4 is 10.1 Å². The van der Waals surface area contributed by atoms with Crippen molar-refractivity contribution in [2.24, 2.45) is 5.41 Å². The number of nitrogens with zero attached hydrogens (tertiary/aromatic N) is 1. The summed E-state index contributed by atoms with van der Waals surface area (Å²) >= 11 is 0. The first-order valence-electron chi connectivity index (χ1n) is 7.85. The Morgan fingerprint density at radius 2 is 1.79 bits per heavy atom. The minimum absolute atomic E-state index is 0.272. The van der Waals surface area contributed by atoms with E-state index in [1.165, 1.54) is 14.2 Å². The van der Waals surface area contributed by atoms with E-state index in [-0.39, 0.29) is 12.5 Å². The lowest BCUT2D eigenvalue weighted by molar-refractivity contribution is -0.167. The zero-order valence-electron chi connectivity index (χ0n) is 15.9. The molecule has 0 saturated carbocycles. The van der Waals surface area contributed by atoms with Gasteiger partial charge in [-0.05, 0) is 32.4 Å². The van der Waals surface area contributed by atoms with Crippen molar-refractivity contribution in [2.45, 2.75) is 52.6 Å². The second-order valence-corrected chi connectivity index (χ2v) is 12.7. The molecule has 1 rings (SSSR count). The van der Waals surface area contributed by atoms with Gasteiger partial charge in [0.1, 0.15) is 13.7 Å². The fourth-order valence-electron chi connectivity index (χ4n) is 2.48. The van der Waals surface area contributed by atoms with Gasteiger partial charge in [-0.2, -0.15) is 0 Å². The Morgan fingerprint density at radius 3 is 2.17 bits per heavy atom. The fourth-order valence-corrected chi connectivity index (χ4v) is 3.49. The first kappa shape index (κ1) is 20.6. The van der Waals surface area contributed by atoms with Crippen molar-refractivity contribution in [3.63, 3.8) is 0 Å². The van der Waals surface area contributed by atoms with Gasteiger partial charge >= 0.3 is 5.97 Å². The molecule has 1 atom stereocenters. The molecule has 24 heavy (non-hydrogen) atoms. The second kappa shape index (κ2) is 6.82.